The van der Waals surface area contributed by atoms with Gasteiger partial charge in [-0.05, 0) is 36.8 Å². The predicted molar refractivity (Wildman–Crippen MR) is 91.0 cm³/mol. The second-order valence-corrected chi connectivity index (χ2v) is 5.59. The van der Waals surface area contributed by atoms with Crippen molar-refractivity contribution >= 4 is 29.1 Å². The highest BCUT2D eigenvalue weighted by atomic mass is 32.1. The molecule has 7 nitrogen and oxygen atoms in total. The minimum absolute atomic E-state index is 0.0543. The lowest BCUT2D eigenvalue weighted by Crippen LogP contribution is -2.46. The Morgan fingerprint density at radius 1 is 1.23 bits per heavy atom. The highest BCUT2D eigenvalue weighted by Crippen LogP contribution is 2.35. The zero-order chi connectivity index (χ0) is 19.4. The van der Waals surface area contributed by atoms with Crippen LogP contribution in [0.4, 0.5) is 8.78 Å². The maximum absolute atomic E-state index is 12.6. The zero-order valence-corrected chi connectivity index (χ0v) is 14.9. The van der Waals surface area contributed by atoms with Crippen molar-refractivity contribution in [1.29, 1.82) is 0 Å². The van der Waals surface area contributed by atoms with Gasteiger partial charge in [-0.3, -0.25) is 4.79 Å². The number of ether oxygens (including phenoxy) is 3. The molecule has 0 fully saturated rings. The number of alkyl halides is 2. The van der Waals surface area contributed by atoms with Crippen molar-refractivity contribution in [2.45, 2.75) is 19.6 Å². The first kappa shape index (κ1) is 19.6. The number of halogens is 2. The summed E-state index contributed by atoms with van der Waals surface area (Å²) in [4.78, 5) is 24.1. The predicted octanol–water partition coefficient (Wildman–Crippen LogP) is 1.83. The third-order valence-corrected chi connectivity index (χ3v) is 3.84. The van der Waals surface area contributed by atoms with E-state index in [2.05, 4.69) is 20.1 Å². The maximum atomic E-state index is 12.6. The summed E-state index contributed by atoms with van der Waals surface area (Å²) in [6.07, 6.45) is 0. The minimum Gasteiger partial charge on any atom is -0.493 e. The molecule has 0 aromatic heterocycles. The number of rotatable bonds is 6. The fraction of sp³-hybridized carbons (Fsp3) is 0.312. The second kappa shape index (κ2) is 8.09. The molecule has 1 aliphatic heterocycles. The molecular weight excluding hydrogens is 370 g/mol. The standard InChI is InChI=1S/C16H16F2N2O5S/c1-7-11(13(21)14(22)24-3)12(20-16(26)19-7)8-4-5-9(23-2)10(6-8)25-15(17)18/h4-6,12,15H,1-3H3,(H2,19,20,26)/t12-/m1/s1. The van der Waals surface area contributed by atoms with Gasteiger partial charge in [-0.25, -0.2) is 4.79 Å². The molecule has 1 aromatic rings. The maximum Gasteiger partial charge on any atom is 0.387 e. The lowest BCUT2D eigenvalue weighted by Gasteiger charge is -2.30. The third-order valence-electron chi connectivity index (χ3n) is 3.62. The van der Waals surface area contributed by atoms with Crippen molar-refractivity contribution < 1.29 is 32.6 Å². The summed E-state index contributed by atoms with van der Waals surface area (Å²) in [6.45, 7) is -1.49. The summed E-state index contributed by atoms with van der Waals surface area (Å²) < 4.78 is 39.2. The molecule has 0 saturated carbocycles. The quantitative estimate of drug-likeness (QED) is 0.435. The number of hydrogen-bond donors (Lipinski definition) is 2. The van der Waals surface area contributed by atoms with Gasteiger partial charge in [-0.1, -0.05) is 6.07 Å². The number of ketones is 1. The average molecular weight is 386 g/mol. The number of esters is 1. The van der Waals surface area contributed by atoms with Gasteiger partial charge in [0.25, 0.3) is 5.78 Å². The summed E-state index contributed by atoms with van der Waals surface area (Å²) >= 11 is 5.09. The Bertz CT molecular complexity index is 782. The second-order valence-electron chi connectivity index (χ2n) is 5.18. The Labute approximate surface area is 153 Å². The van der Waals surface area contributed by atoms with E-state index in [1.807, 2.05) is 0 Å². The molecule has 0 unspecified atom stereocenters. The molecule has 2 rings (SSSR count). The van der Waals surface area contributed by atoms with Gasteiger partial charge in [0.15, 0.2) is 16.6 Å². The number of carbonyl (C=O) groups excluding carboxylic acids is 2. The number of thiocarbonyl (C=S) groups is 1. The lowest BCUT2D eigenvalue weighted by atomic mass is 9.92. The molecule has 1 aromatic carbocycles. The van der Waals surface area contributed by atoms with E-state index in [1.165, 1.54) is 19.2 Å². The van der Waals surface area contributed by atoms with Crippen molar-refractivity contribution in [3.63, 3.8) is 0 Å². The molecule has 0 aliphatic carbocycles. The Hall–Kier alpha value is -2.75. The van der Waals surface area contributed by atoms with E-state index in [1.54, 1.807) is 13.0 Å². The number of benzene rings is 1. The smallest absolute Gasteiger partial charge is 0.387 e. The SMILES string of the molecule is COC(=O)C(=O)C1=C(C)NC(=S)N[C@@H]1c1ccc(OC)c(OC(F)F)c1. The van der Waals surface area contributed by atoms with Gasteiger partial charge in [0, 0.05) is 5.70 Å². The summed E-state index contributed by atoms with van der Waals surface area (Å²) in [6, 6.07) is 3.38. The van der Waals surface area contributed by atoms with Crippen LogP contribution >= 0.6 is 12.2 Å². The van der Waals surface area contributed by atoms with Crippen molar-refractivity contribution in [2.75, 3.05) is 14.2 Å². The molecule has 1 heterocycles. The van der Waals surface area contributed by atoms with Crippen LogP contribution in [0.3, 0.4) is 0 Å². The molecule has 1 aliphatic rings. The Kier molecular flexibility index (Phi) is 6.09. The van der Waals surface area contributed by atoms with Crippen LogP contribution in [-0.4, -0.2) is 37.7 Å². The molecule has 140 valence electrons. The molecule has 0 bridgehead atoms. The van der Waals surface area contributed by atoms with Gasteiger partial charge in [-0.15, -0.1) is 0 Å². The number of nitrogens with one attached hydrogen (secondary N) is 2. The van der Waals surface area contributed by atoms with Gasteiger partial charge >= 0.3 is 12.6 Å². The highest BCUT2D eigenvalue weighted by Gasteiger charge is 2.34. The van der Waals surface area contributed by atoms with Crippen LogP contribution in [0.25, 0.3) is 0 Å². The molecule has 10 heteroatoms. The Morgan fingerprint density at radius 3 is 2.50 bits per heavy atom. The normalized spacial score (nSPS) is 16.7. The van der Waals surface area contributed by atoms with Crippen molar-refractivity contribution in [3.05, 3.63) is 35.0 Å². The van der Waals surface area contributed by atoms with Gasteiger partial charge in [0.05, 0.1) is 25.8 Å². The lowest BCUT2D eigenvalue weighted by molar-refractivity contribution is -0.150. The summed E-state index contributed by atoms with van der Waals surface area (Å²) in [5.41, 5.74) is 0.775. The number of methoxy groups -OCH3 is 2. The number of Topliss-reactive ketones (excluding diaryl/α,β-unsaturated/α-hetero) is 1. The van der Waals surface area contributed by atoms with Gasteiger partial charge in [0.1, 0.15) is 0 Å². The third kappa shape index (κ3) is 4.07. The Balaban J connectivity index is 2.52. The van der Waals surface area contributed by atoms with Crippen LogP contribution in [0.2, 0.25) is 0 Å². The first-order chi connectivity index (χ1) is 12.3. The van der Waals surface area contributed by atoms with Crippen LogP contribution < -0.4 is 20.1 Å². The molecule has 26 heavy (non-hydrogen) atoms. The van der Waals surface area contributed by atoms with Gasteiger partial charge in [-0.2, -0.15) is 8.78 Å². The molecule has 0 saturated heterocycles. The highest BCUT2D eigenvalue weighted by molar-refractivity contribution is 7.80. The average Bonchev–Trinajstić information content (AvgIpc) is 2.59. The van der Waals surface area contributed by atoms with E-state index in [-0.39, 0.29) is 22.2 Å². The summed E-state index contributed by atoms with van der Waals surface area (Å²) in [5, 5.41) is 5.80. The number of allylic oxidation sites excluding steroid dienone is 1. The molecule has 1 atom stereocenters. The first-order valence-corrected chi connectivity index (χ1v) is 7.73. The van der Waals surface area contributed by atoms with Crippen LogP contribution in [0, 0.1) is 0 Å². The monoisotopic (exact) mass is 386 g/mol. The van der Waals surface area contributed by atoms with E-state index in [0.29, 0.717) is 11.3 Å². The van der Waals surface area contributed by atoms with E-state index in [0.717, 1.165) is 7.11 Å². The van der Waals surface area contributed by atoms with Crippen molar-refractivity contribution in [1.82, 2.24) is 10.6 Å². The zero-order valence-electron chi connectivity index (χ0n) is 14.1. The molecule has 0 radical (unpaired) electrons. The minimum atomic E-state index is -3.06. The van der Waals surface area contributed by atoms with Crippen molar-refractivity contribution in [2.24, 2.45) is 0 Å². The fourth-order valence-electron chi connectivity index (χ4n) is 2.51. The number of hydrogen-bond acceptors (Lipinski definition) is 6. The summed E-state index contributed by atoms with van der Waals surface area (Å²) in [5.74, 6) is -2.07. The van der Waals surface area contributed by atoms with E-state index in [9.17, 15) is 18.4 Å². The van der Waals surface area contributed by atoms with Gasteiger partial charge in [0.2, 0.25) is 0 Å². The van der Waals surface area contributed by atoms with Crippen LogP contribution in [-0.2, 0) is 14.3 Å². The fourth-order valence-corrected chi connectivity index (χ4v) is 2.78. The number of carbonyl (C=O) groups is 2. The van der Waals surface area contributed by atoms with E-state index in [4.69, 9.17) is 17.0 Å². The summed E-state index contributed by atoms with van der Waals surface area (Å²) in [7, 11) is 2.39. The molecular formula is C16H16F2N2O5S. The van der Waals surface area contributed by atoms with E-state index >= 15 is 0 Å². The topological polar surface area (TPSA) is 85.9 Å². The Morgan fingerprint density at radius 2 is 1.92 bits per heavy atom. The van der Waals surface area contributed by atoms with Crippen LogP contribution in [0.1, 0.15) is 18.5 Å². The molecule has 0 spiro atoms. The van der Waals surface area contributed by atoms with E-state index < -0.39 is 24.4 Å². The van der Waals surface area contributed by atoms with Gasteiger partial charge < -0.3 is 24.8 Å². The van der Waals surface area contributed by atoms with Crippen LogP contribution in [0.15, 0.2) is 29.5 Å². The first-order valence-electron chi connectivity index (χ1n) is 7.32. The molecule has 2 N–H and O–H groups in total. The molecule has 0 amide bonds. The van der Waals surface area contributed by atoms with Crippen LogP contribution in [0.5, 0.6) is 11.5 Å². The van der Waals surface area contributed by atoms with Crippen molar-refractivity contribution in [3.8, 4) is 11.5 Å². The largest absolute Gasteiger partial charge is 0.493 e.